The molecule has 0 amide bonds. The molecular formula is C51H41N. The van der Waals surface area contributed by atoms with Crippen molar-refractivity contribution in [2.75, 3.05) is 7.05 Å². The van der Waals surface area contributed by atoms with E-state index in [2.05, 4.69) is 103 Å². The summed E-state index contributed by atoms with van der Waals surface area (Å²) in [7, 11) is 2.59. The summed E-state index contributed by atoms with van der Waals surface area (Å²) >= 11 is 0. The van der Waals surface area contributed by atoms with Crippen molar-refractivity contribution in [1.82, 2.24) is 4.90 Å². The first-order valence-electron chi connectivity index (χ1n) is 21.9. The lowest BCUT2D eigenvalue weighted by Crippen LogP contribution is -2.56. The van der Waals surface area contributed by atoms with Crippen LogP contribution in [0, 0.1) is 99.6 Å². The molecule has 2 aromatic carbocycles. The maximum absolute atomic E-state index is 3.00. The maximum Gasteiger partial charge on any atom is 0.0422 e. The quantitative estimate of drug-likeness (QED) is 0.274. The molecule has 6 saturated carbocycles. The maximum atomic E-state index is 3.00. The molecule has 20 rings (SSSR count). The van der Waals surface area contributed by atoms with Gasteiger partial charge >= 0.3 is 0 Å². The van der Waals surface area contributed by atoms with Gasteiger partial charge in [-0.3, -0.25) is 4.90 Å². The van der Waals surface area contributed by atoms with Crippen molar-refractivity contribution in [3.8, 4) is 0 Å². The van der Waals surface area contributed by atoms with Gasteiger partial charge in [0.15, 0.2) is 0 Å². The van der Waals surface area contributed by atoms with Crippen LogP contribution in [0.4, 0.5) is 0 Å². The SMILES string of the molecule is Cc1ccc(C2N(C)C(C)C34C5C6C=CC7C8CCC9c%10c8c8c%11c%12c%10C%10C9C=CC9C%13C=CC%14C%15C%16=C(C%12=C(C%13%15)C9%10)C%11=C(C6C87)C53C%163C%14C234)cc1. The number of benzene rings is 2. The zero-order valence-corrected chi connectivity index (χ0v) is 30.0. The molecule has 0 aromatic heterocycles. The van der Waals surface area contributed by atoms with Crippen molar-refractivity contribution < 1.29 is 0 Å². The highest BCUT2D eigenvalue weighted by atomic mass is 15.4. The Labute approximate surface area is 304 Å². The van der Waals surface area contributed by atoms with Crippen LogP contribution in [0.25, 0.3) is 11.1 Å². The number of allylic oxidation sites excluding steroid dienone is 12. The van der Waals surface area contributed by atoms with Gasteiger partial charge in [0.05, 0.1) is 0 Å². The number of rotatable bonds is 1. The second kappa shape index (κ2) is 6.04. The molecule has 1 nitrogen and oxygen atoms in total. The molecular weight excluding hydrogens is 627 g/mol. The summed E-state index contributed by atoms with van der Waals surface area (Å²) in [5, 5.41) is 0. The standard InChI is InChI=1S/C51H41N/c1-16-4-6-18(7-5-16)47-51-46-26-15-13-24-22-11-9-20-19-8-10-21-23-12-14-25-33-31(23)36-29(21)27(19)35-28(20)30(22)37-32(24)34(26)44-42-40(37)38(35)39(36)41(42)43(33)49(50(44,46)51)45(25)48(49,51)17(2)52(47)3/h4-7,9,11-15,17,19-26,28,30-34,45-47H,8,10H2,1-3H3. The minimum atomic E-state index is 0.394. The fourth-order valence-electron chi connectivity index (χ4n) is 24.0. The van der Waals surface area contributed by atoms with Crippen molar-refractivity contribution in [2.24, 2.45) is 92.7 Å². The molecule has 1 saturated heterocycles. The molecule has 18 aliphatic rings. The van der Waals surface area contributed by atoms with Crippen LogP contribution in [0.15, 0.2) is 83.0 Å². The first-order chi connectivity index (χ1) is 25.6. The van der Waals surface area contributed by atoms with Crippen molar-refractivity contribution in [3.05, 3.63) is 128 Å². The highest BCUT2D eigenvalue weighted by molar-refractivity contribution is 6.18. The average Bonchev–Trinajstić information content (AvgIpc) is 3.62. The number of nitrogens with zero attached hydrogens (tertiary/aromatic N) is 1. The van der Waals surface area contributed by atoms with E-state index >= 15 is 0 Å². The average molecular weight is 668 g/mol. The Hall–Kier alpha value is -3.16. The molecule has 1 aliphatic heterocycles. The van der Waals surface area contributed by atoms with E-state index in [1.807, 2.05) is 50.1 Å². The van der Waals surface area contributed by atoms with Crippen molar-refractivity contribution in [3.63, 3.8) is 0 Å². The van der Waals surface area contributed by atoms with Gasteiger partial charge in [0, 0.05) is 33.7 Å². The second-order valence-corrected chi connectivity index (χ2v) is 22.3. The lowest BCUT2D eigenvalue weighted by molar-refractivity contribution is 0.00370. The molecule has 17 aliphatic carbocycles. The summed E-state index contributed by atoms with van der Waals surface area (Å²) in [5.41, 5.74) is 28.7. The van der Waals surface area contributed by atoms with E-state index in [-0.39, 0.29) is 0 Å². The first kappa shape index (κ1) is 24.3. The van der Waals surface area contributed by atoms with Gasteiger partial charge in [-0.1, -0.05) is 71.9 Å². The lowest BCUT2D eigenvalue weighted by Gasteiger charge is -2.60. The van der Waals surface area contributed by atoms with E-state index in [4.69, 9.17) is 0 Å². The molecule has 52 heavy (non-hydrogen) atoms. The van der Waals surface area contributed by atoms with Gasteiger partial charge in [-0.25, -0.2) is 0 Å². The molecule has 7 fully saturated rings. The Morgan fingerprint density at radius 2 is 1.10 bits per heavy atom. The Kier molecular flexibility index (Phi) is 2.82. The Balaban J connectivity index is 1.03. The van der Waals surface area contributed by atoms with Gasteiger partial charge in [0.1, 0.15) is 0 Å². The third kappa shape index (κ3) is 1.47. The van der Waals surface area contributed by atoms with E-state index in [1.54, 1.807) is 5.56 Å². The number of hydrogen-bond acceptors (Lipinski definition) is 1. The van der Waals surface area contributed by atoms with E-state index in [1.165, 1.54) is 18.4 Å². The largest absolute Gasteiger partial charge is 0.295 e. The van der Waals surface area contributed by atoms with E-state index in [0.29, 0.717) is 33.7 Å². The van der Waals surface area contributed by atoms with E-state index < -0.39 is 0 Å². The van der Waals surface area contributed by atoms with Crippen LogP contribution in [-0.4, -0.2) is 18.0 Å². The molecule has 0 bridgehead atoms. The molecule has 1 heterocycles. The lowest BCUT2D eigenvalue weighted by atomic mass is 9.41. The molecule has 22 atom stereocenters. The third-order valence-corrected chi connectivity index (χ3v) is 23.2. The molecule has 22 unspecified atom stereocenters. The summed E-state index contributed by atoms with van der Waals surface area (Å²) in [4.78, 5) is 3.00. The second-order valence-electron chi connectivity index (χ2n) is 22.3. The van der Waals surface area contributed by atoms with Crippen LogP contribution in [0.2, 0.25) is 0 Å². The number of fused-ring (bicyclic) bond motifs is 5. The zero-order chi connectivity index (χ0) is 32.5. The summed E-state index contributed by atoms with van der Waals surface area (Å²) < 4.78 is 0. The highest BCUT2D eigenvalue weighted by Crippen LogP contribution is 3.22. The predicted octanol–water partition coefficient (Wildman–Crippen LogP) is 9.23. The predicted molar refractivity (Wildman–Crippen MR) is 198 cm³/mol. The number of hydrogen-bond donors (Lipinski definition) is 0. The van der Waals surface area contributed by atoms with Gasteiger partial charge in [0.25, 0.3) is 0 Å². The first-order valence-corrected chi connectivity index (χ1v) is 21.9. The topological polar surface area (TPSA) is 3.24 Å². The van der Waals surface area contributed by atoms with Crippen LogP contribution in [-0.2, 0) is 0 Å². The summed E-state index contributed by atoms with van der Waals surface area (Å²) in [6, 6.07) is 11.3. The summed E-state index contributed by atoms with van der Waals surface area (Å²) in [6.07, 6.45) is 20.3. The van der Waals surface area contributed by atoms with Crippen molar-refractivity contribution in [2.45, 2.75) is 62.4 Å². The van der Waals surface area contributed by atoms with Gasteiger partial charge in [-0.2, -0.15) is 0 Å². The smallest absolute Gasteiger partial charge is 0.0422 e. The fraction of sp³-hybridized carbons (Fsp3) is 0.529. The minimum absolute atomic E-state index is 0.394. The minimum Gasteiger partial charge on any atom is -0.295 e. The van der Waals surface area contributed by atoms with Crippen molar-refractivity contribution in [1.29, 1.82) is 0 Å². The molecule has 4 spiro atoms. The molecule has 250 valence electrons. The van der Waals surface area contributed by atoms with Crippen LogP contribution < -0.4 is 0 Å². The van der Waals surface area contributed by atoms with Gasteiger partial charge in [-0.05, 0) is 195 Å². The van der Waals surface area contributed by atoms with Crippen LogP contribution in [0.3, 0.4) is 0 Å². The summed E-state index contributed by atoms with van der Waals surface area (Å²) in [5.74, 6) is 12.5. The molecule has 2 aromatic rings. The Morgan fingerprint density at radius 1 is 0.558 bits per heavy atom. The van der Waals surface area contributed by atoms with Gasteiger partial charge < -0.3 is 0 Å². The third-order valence-electron chi connectivity index (χ3n) is 23.2. The Bertz CT molecular complexity index is 2730. The number of aryl methyl sites for hydroxylation is 1. The molecule has 1 heteroatoms. The van der Waals surface area contributed by atoms with Gasteiger partial charge in [0.2, 0.25) is 0 Å². The van der Waals surface area contributed by atoms with Crippen LogP contribution in [0.5, 0.6) is 0 Å². The molecule has 0 N–H and O–H groups in total. The van der Waals surface area contributed by atoms with E-state index in [9.17, 15) is 0 Å². The summed E-state index contributed by atoms with van der Waals surface area (Å²) in [6.45, 7) is 5.04. The van der Waals surface area contributed by atoms with Crippen LogP contribution >= 0.6 is 0 Å². The highest BCUT2D eigenvalue weighted by Gasteiger charge is 3.21. The van der Waals surface area contributed by atoms with Crippen molar-refractivity contribution >= 4 is 11.1 Å². The monoisotopic (exact) mass is 667 g/mol. The number of likely N-dealkylation sites (tertiary alicyclic amines) is 1. The molecule has 0 radical (unpaired) electrons. The Morgan fingerprint density at radius 3 is 1.81 bits per heavy atom. The van der Waals surface area contributed by atoms with E-state index in [0.717, 1.165) is 94.7 Å². The zero-order valence-electron chi connectivity index (χ0n) is 30.0. The fourth-order valence-corrected chi connectivity index (χ4v) is 24.0. The van der Waals surface area contributed by atoms with Crippen LogP contribution in [0.1, 0.15) is 94.0 Å². The van der Waals surface area contributed by atoms with Gasteiger partial charge in [-0.15, -0.1) is 0 Å². The normalized spacial score (nSPS) is 63.7.